The average Bonchev–Trinajstić information content (AvgIpc) is 3.33. The summed E-state index contributed by atoms with van der Waals surface area (Å²) in [4.78, 5) is 48.0. The molecule has 224 valence electrons. The van der Waals surface area contributed by atoms with Crippen molar-refractivity contribution in [3.05, 3.63) is 16.7 Å². The lowest BCUT2D eigenvalue weighted by Gasteiger charge is -2.39. The number of rotatable bonds is 5. The minimum absolute atomic E-state index is 0.0294. The Kier molecular flexibility index (Phi) is 8.65. The Morgan fingerprint density at radius 3 is 2.20 bits per heavy atom. The number of amides is 1. The Hall–Kier alpha value is -2.77. The van der Waals surface area contributed by atoms with Crippen LogP contribution in [0.4, 0.5) is 15.5 Å². The number of anilines is 1. The van der Waals surface area contributed by atoms with Crippen LogP contribution in [-0.4, -0.2) is 63.0 Å². The first-order valence-electron chi connectivity index (χ1n) is 13.7. The van der Waals surface area contributed by atoms with Gasteiger partial charge in [-0.2, -0.15) is 9.55 Å². The first kappa shape index (κ1) is 31.8. The van der Waals surface area contributed by atoms with Crippen molar-refractivity contribution in [1.82, 2.24) is 19.1 Å². The van der Waals surface area contributed by atoms with Crippen molar-refractivity contribution in [2.75, 3.05) is 5.32 Å². The normalized spacial score (nSPS) is 20.6. The molecule has 1 unspecified atom stereocenters. The lowest BCUT2D eigenvalue weighted by atomic mass is 10.1. The number of nitrogens with one attached hydrogen (secondary N) is 1. The van der Waals surface area contributed by atoms with Crippen molar-refractivity contribution >= 4 is 37.6 Å². The van der Waals surface area contributed by atoms with Crippen LogP contribution < -0.4 is 10.9 Å². The molecule has 3 rings (SSSR count). The Labute approximate surface area is 236 Å². The maximum absolute atomic E-state index is 13.5. The Morgan fingerprint density at radius 1 is 1.07 bits per heavy atom. The van der Waals surface area contributed by atoms with Gasteiger partial charge in [-0.15, -0.1) is 0 Å². The molecule has 0 aliphatic carbocycles. The van der Waals surface area contributed by atoms with E-state index < -0.39 is 43.5 Å². The number of carbonyl (C=O) groups is 2. The van der Waals surface area contributed by atoms with Crippen molar-refractivity contribution in [3.8, 4) is 0 Å². The van der Waals surface area contributed by atoms with Gasteiger partial charge in [-0.25, -0.2) is 14.6 Å². The zero-order valence-electron chi connectivity index (χ0n) is 25.9. The van der Waals surface area contributed by atoms with Crippen LogP contribution in [-0.2, 0) is 18.6 Å². The van der Waals surface area contributed by atoms with Gasteiger partial charge in [-0.1, -0.05) is 27.7 Å². The highest BCUT2D eigenvalue weighted by molar-refractivity contribution is 6.74. The third kappa shape index (κ3) is 7.10. The van der Waals surface area contributed by atoms with E-state index in [9.17, 15) is 14.4 Å². The van der Waals surface area contributed by atoms with Crippen LogP contribution >= 0.6 is 0 Å². The number of carbonyl (C=O) groups excluding carboxylic acids is 2. The number of hydrogen-bond donors (Lipinski definition) is 1. The molecule has 0 spiro atoms. The highest BCUT2D eigenvalue weighted by Gasteiger charge is 2.45. The van der Waals surface area contributed by atoms with Crippen LogP contribution in [0.3, 0.4) is 0 Å². The summed E-state index contributed by atoms with van der Waals surface area (Å²) in [6, 6.07) is 0. The summed E-state index contributed by atoms with van der Waals surface area (Å²) in [6.07, 6.45) is 0.0411. The Morgan fingerprint density at radius 2 is 1.68 bits per heavy atom. The van der Waals surface area contributed by atoms with Gasteiger partial charge in [0.25, 0.3) is 5.56 Å². The summed E-state index contributed by atoms with van der Waals surface area (Å²) in [5.74, 6) is -0.345. The van der Waals surface area contributed by atoms with Gasteiger partial charge >= 0.3 is 12.2 Å². The molecule has 0 radical (unpaired) electrons. The molecule has 13 heteroatoms. The second kappa shape index (κ2) is 10.9. The minimum atomic E-state index is -2.08. The molecule has 1 fully saturated rings. The Balaban J connectivity index is 2.06. The fraction of sp³-hybridized carbons (Fsp3) is 0.741. The van der Waals surface area contributed by atoms with Crippen molar-refractivity contribution in [1.29, 1.82) is 0 Å². The SMILES string of the molecule is CC[C@H]1O[C@@H](n2cnc3c(=O)n(C(=O)OC(C)(C)C)c(NC(=O)OC(C)(C)C)nc32)CC1O[Si](C)(C)C(C)(C)C. The first-order valence-corrected chi connectivity index (χ1v) is 16.6. The predicted octanol–water partition coefficient (Wildman–Crippen LogP) is 5.81. The number of fused-ring (bicyclic) bond motifs is 1. The summed E-state index contributed by atoms with van der Waals surface area (Å²) in [5.41, 5.74) is -2.42. The molecule has 0 saturated carbocycles. The molecular formula is C27H45N5O7Si. The molecular weight excluding hydrogens is 534 g/mol. The molecule has 40 heavy (non-hydrogen) atoms. The zero-order chi connectivity index (χ0) is 30.4. The van der Waals surface area contributed by atoms with Crippen LogP contribution in [0.15, 0.2) is 11.1 Å². The molecule has 1 aliphatic heterocycles. The second-order valence-corrected chi connectivity index (χ2v) is 18.5. The standard InChI is InChI=1S/C27H45N5O7Si/c1-13-16-17(39-40(11,12)27(8,9)10)14-18(36-16)31-15-28-19-20(31)29-22(30-23(34)37-25(2,3)4)32(21(19)33)24(35)38-26(5,6)7/h15-18H,13-14H2,1-12H3,(H,29,30,34)/t16-,17?,18-/m1/s1. The minimum Gasteiger partial charge on any atom is -0.444 e. The maximum Gasteiger partial charge on any atom is 0.424 e. The van der Waals surface area contributed by atoms with Gasteiger partial charge in [0.15, 0.2) is 19.5 Å². The summed E-state index contributed by atoms with van der Waals surface area (Å²) in [6.45, 7) is 23.1. The molecule has 12 nitrogen and oxygen atoms in total. The maximum atomic E-state index is 13.5. The lowest BCUT2D eigenvalue weighted by molar-refractivity contribution is -0.0161. The van der Waals surface area contributed by atoms with E-state index in [0.717, 1.165) is 6.42 Å². The molecule has 3 atom stereocenters. The fourth-order valence-electron chi connectivity index (χ4n) is 4.05. The van der Waals surface area contributed by atoms with Crippen LogP contribution in [0.2, 0.25) is 18.1 Å². The largest absolute Gasteiger partial charge is 0.444 e. The summed E-state index contributed by atoms with van der Waals surface area (Å²) in [5, 5.41) is 2.47. The van der Waals surface area contributed by atoms with Crippen molar-refractivity contribution < 1.29 is 28.2 Å². The van der Waals surface area contributed by atoms with E-state index in [-0.39, 0.29) is 34.4 Å². The van der Waals surface area contributed by atoms with Gasteiger partial charge < -0.3 is 18.6 Å². The molecule has 1 saturated heterocycles. The molecule has 2 aromatic rings. The second-order valence-electron chi connectivity index (χ2n) is 13.7. The highest BCUT2D eigenvalue weighted by atomic mass is 28.4. The van der Waals surface area contributed by atoms with Crippen LogP contribution in [0.25, 0.3) is 11.2 Å². The van der Waals surface area contributed by atoms with Gasteiger partial charge in [-0.3, -0.25) is 14.7 Å². The third-order valence-electron chi connectivity index (χ3n) is 6.93. The molecule has 1 N–H and O–H groups in total. The number of imidazole rings is 1. The molecule has 1 amide bonds. The van der Waals surface area contributed by atoms with Crippen molar-refractivity contribution in [2.24, 2.45) is 0 Å². The zero-order valence-corrected chi connectivity index (χ0v) is 26.9. The van der Waals surface area contributed by atoms with Crippen LogP contribution in [0, 0.1) is 0 Å². The van der Waals surface area contributed by atoms with Gasteiger partial charge in [0.2, 0.25) is 5.95 Å². The molecule has 3 heterocycles. The quantitative estimate of drug-likeness (QED) is 0.435. The summed E-state index contributed by atoms with van der Waals surface area (Å²) < 4.78 is 26.1. The van der Waals surface area contributed by atoms with E-state index in [1.165, 1.54) is 6.33 Å². The van der Waals surface area contributed by atoms with Crippen molar-refractivity contribution in [3.63, 3.8) is 0 Å². The fourth-order valence-corrected chi connectivity index (χ4v) is 5.41. The van der Waals surface area contributed by atoms with E-state index in [1.807, 2.05) is 6.92 Å². The van der Waals surface area contributed by atoms with Crippen molar-refractivity contribution in [2.45, 2.75) is 130 Å². The van der Waals surface area contributed by atoms with E-state index in [0.29, 0.717) is 11.0 Å². The van der Waals surface area contributed by atoms with E-state index in [4.69, 9.17) is 18.6 Å². The average molecular weight is 580 g/mol. The highest BCUT2D eigenvalue weighted by Crippen LogP contribution is 2.42. The van der Waals surface area contributed by atoms with Gasteiger partial charge in [-0.05, 0) is 66.1 Å². The van der Waals surface area contributed by atoms with Crippen LogP contribution in [0.1, 0.15) is 88.3 Å². The Bertz CT molecular complexity index is 1310. The smallest absolute Gasteiger partial charge is 0.424 e. The molecule has 0 aromatic carbocycles. The number of ether oxygens (including phenoxy) is 3. The summed E-state index contributed by atoms with van der Waals surface area (Å²) >= 11 is 0. The summed E-state index contributed by atoms with van der Waals surface area (Å²) in [7, 11) is -2.08. The lowest BCUT2D eigenvalue weighted by Crippen LogP contribution is -2.45. The van der Waals surface area contributed by atoms with E-state index in [2.05, 4.69) is 49.1 Å². The number of aromatic nitrogens is 4. The number of hydrogen-bond acceptors (Lipinski definition) is 9. The van der Waals surface area contributed by atoms with Gasteiger partial charge in [0.1, 0.15) is 17.4 Å². The van der Waals surface area contributed by atoms with E-state index >= 15 is 0 Å². The predicted molar refractivity (Wildman–Crippen MR) is 154 cm³/mol. The third-order valence-corrected chi connectivity index (χ3v) is 11.4. The molecule has 2 aromatic heterocycles. The molecule has 0 bridgehead atoms. The number of nitrogens with zero attached hydrogens (tertiary/aromatic N) is 4. The monoisotopic (exact) mass is 579 g/mol. The topological polar surface area (TPSA) is 136 Å². The molecule has 1 aliphatic rings. The van der Waals surface area contributed by atoms with Gasteiger partial charge in [0.05, 0.1) is 18.5 Å². The van der Waals surface area contributed by atoms with Crippen LogP contribution in [0.5, 0.6) is 0 Å². The van der Waals surface area contributed by atoms with E-state index in [1.54, 1.807) is 46.1 Å². The first-order chi connectivity index (χ1) is 18.1. The van der Waals surface area contributed by atoms with Gasteiger partial charge in [0, 0.05) is 6.42 Å².